The van der Waals surface area contributed by atoms with Crippen LogP contribution in [0.1, 0.15) is 27.4 Å². The molecule has 0 bridgehead atoms. The lowest BCUT2D eigenvalue weighted by molar-refractivity contribution is -0.123. The van der Waals surface area contributed by atoms with Gasteiger partial charge in [0.05, 0.1) is 20.8 Å². The number of ether oxygens (including phenoxy) is 3. The number of amides is 3. The number of esters is 1. The van der Waals surface area contributed by atoms with Crippen LogP contribution in [0.2, 0.25) is 0 Å². The number of rotatable bonds is 8. The van der Waals surface area contributed by atoms with E-state index >= 15 is 0 Å². The minimum atomic E-state index is -0.572. The Hall–Kier alpha value is -4.53. The zero-order valence-electron chi connectivity index (χ0n) is 18.6. The standard InChI is InChI=1S/C25H22N2O7/c1-31-22-13-17(8-10-20(22)33-15-18-9-11-21(34-18)24(29)32-2)12-19-23(28)27(25(30)26-19)14-16-6-4-3-5-7-16/h3-13H,14-15H2,1-2H3,(H,26,30)/b19-12+. The highest BCUT2D eigenvalue weighted by atomic mass is 16.5. The molecule has 4 rings (SSSR count). The van der Waals surface area contributed by atoms with E-state index in [0.717, 1.165) is 10.5 Å². The third kappa shape index (κ3) is 4.93. The van der Waals surface area contributed by atoms with Crippen molar-refractivity contribution in [2.45, 2.75) is 13.2 Å². The first-order valence-corrected chi connectivity index (χ1v) is 10.3. The minimum absolute atomic E-state index is 0.0662. The van der Waals surface area contributed by atoms with E-state index in [1.54, 1.807) is 30.3 Å². The average Bonchev–Trinajstić information content (AvgIpc) is 3.43. The summed E-state index contributed by atoms with van der Waals surface area (Å²) in [5.74, 6) is 0.399. The summed E-state index contributed by atoms with van der Waals surface area (Å²) in [4.78, 5) is 37.7. The van der Waals surface area contributed by atoms with Crippen LogP contribution in [-0.2, 0) is 22.7 Å². The van der Waals surface area contributed by atoms with Gasteiger partial charge in [-0.25, -0.2) is 9.59 Å². The SMILES string of the molecule is COC(=O)c1ccc(COc2ccc(/C=C3/NC(=O)N(Cc4ccccc4)C3=O)cc2OC)o1. The number of methoxy groups -OCH3 is 2. The third-order valence-electron chi connectivity index (χ3n) is 5.06. The molecule has 0 aliphatic carbocycles. The predicted molar refractivity (Wildman–Crippen MR) is 121 cm³/mol. The molecule has 3 amide bonds. The van der Waals surface area contributed by atoms with Crippen LogP contribution in [0, 0.1) is 0 Å². The van der Waals surface area contributed by atoms with Crippen molar-refractivity contribution in [1.82, 2.24) is 10.2 Å². The van der Waals surface area contributed by atoms with Crippen molar-refractivity contribution in [2.24, 2.45) is 0 Å². The summed E-state index contributed by atoms with van der Waals surface area (Å²) in [6.45, 7) is 0.250. The van der Waals surface area contributed by atoms with E-state index in [0.29, 0.717) is 22.8 Å². The second-order valence-corrected chi connectivity index (χ2v) is 7.32. The molecule has 0 radical (unpaired) electrons. The van der Waals surface area contributed by atoms with Crippen molar-refractivity contribution < 1.29 is 33.0 Å². The van der Waals surface area contributed by atoms with E-state index in [1.807, 2.05) is 30.3 Å². The van der Waals surface area contributed by atoms with E-state index in [4.69, 9.17) is 13.9 Å². The molecule has 1 aliphatic rings. The van der Waals surface area contributed by atoms with Crippen LogP contribution in [0.5, 0.6) is 11.5 Å². The van der Waals surface area contributed by atoms with E-state index in [-0.39, 0.29) is 24.6 Å². The van der Waals surface area contributed by atoms with Gasteiger partial charge in [0.25, 0.3) is 5.91 Å². The van der Waals surface area contributed by atoms with Gasteiger partial charge in [0.1, 0.15) is 18.1 Å². The number of benzene rings is 2. The molecule has 3 aromatic rings. The van der Waals surface area contributed by atoms with E-state index in [9.17, 15) is 14.4 Å². The minimum Gasteiger partial charge on any atom is -0.493 e. The van der Waals surface area contributed by atoms with Crippen LogP contribution in [0.25, 0.3) is 6.08 Å². The number of furan rings is 1. The molecule has 1 fully saturated rings. The van der Waals surface area contributed by atoms with Gasteiger partial charge in [-0.3, -0.25) is 9.69 Å². The largest absolute Gasteiger partial charge is 0.493 e. The van der Waals surface area contributed by atoms with Gasteiger partial charge in [0.15, 0.2) is 11.5 Å². The lowest BCUT2D eigenvalue weighted by Gasteiger charge is -2.11. The maximum atomic E-state index is 12.8. The Morgan fingerprint density at radius 2 is 1.82 bits per heavy atom. The highest BCUT2D eigenvalue weighted by molar-refractivity contribution is 6.13. The van der Waals surface area contributed by atoms with Crippen LogP contribution < -0.4 is 14.8 Å². The highest BCUT2D eigenvalue weighted by Gasteiger charge is 2.33. The Labute approximate surface area is 195 Å². The maximum absolute atomic E-state index is 12.8. The smallest absolute Gasteiger partial charge is 0.373 e. The van der Waals surface area contributed by atoms with Gasteiger partial charge in [-0.1, -0.05) is 36.4 Å². The van der Waals surface area contributed by atoms with Gasteiger partial charge in [-0.2, -0.15) is 0 Å². The van der Waals surface area contributed by atoms with Crippen molar-refractivity contribution in [3.05, 3.63) is 89.0 Å². The summed E-state index contributed by atoms with van der Waals surface area (Å²) in [5.41, 5.74) is 1.66. The number of hydrogen-bond donors (Lipinski definition) is 1. The zero-order valence-corrected chi connectivity index (χ0v) is 18.6. The highest BCUT2D eigenvalue weighted by Crippen LogP contribution is 2.30. The molecule has 0 spiro atoms. The van der Waals surface area contributed by atoms with Gasteiger partial charge in [0.2, 0.25) is 5.76 Å². The monoisotopic (exact) mass is 462 g/mol. The molecule has 1 aliphatic heterocycles. The van der Waals surface area contributed by atoms with E-state index < -0.39 is 17.9 Å². The van der Waals surface area contributed by atoms with Crippen LogP contribution >= 0.6 is 0 Å². The molecule has 174 valence electrons. The third-order valence-corrected chi connectivity index (χ3v) is 5.06. The summed E-state index contributed by atoms with van der Waals surface area (Å²) < 4.78 is 21.2. The molecule has 0 saturated carbocycles. The number of hydrogen-bond acceptors (Lipinski definition) is 7. The summed E-state index contributed by atoms with van der Waals surface area (Å²) >= 11 is 0. The lowest BCUT2D eigenvalue weighted by Crippen LogP contribution is -2.30. The quantitative estimate of drug-likeness (QED) is 0.309. The van der Waals surface area contributed by atoms with Gasteiger partial charge in [-0.05, 0) is 41.5 Å². The average molecular weight is 462 g/mol. The first-order valence-electron chi connectivity index (χ1n) is 10.3. The fourth-order valence-electron chi connectivity index (χ4n) is 3.36. The van der Waals surface area contributed by atoms with Gasteiger partial charge in [0, 0.05) is 0 Å². The Balaban J connectivity index is 1.45. The second-order valence-electron chi connectivity index (χ2n) is 7.32. The van der Waals surface area contributed by atoms with Crippen LogP contribution in [-0.4, -0.2) is 37.0 Å². The summed E-state index contributed by atoms with van der Waals surface area (Å²) in [6, 6.07) is 17.0. The van der Waals surface area contributed by atoms with Crippen LogP contribution in [0.4, 0.5) is 4.79 Å². The summed E-state index contributed by atoms with van der Waals surface area (Å²) in [6.07, 6.45) is 1.58. The molecule has 9 heteroatoms. The topological polar surface area (TPSA) is 107 Å². The maximum Gasteiger partial charge on any atom is 0.373 e. The molecule has 0 atom stereocenters. The number of nitrogens with one attached hydrogen (secondary N) is 1. The number of carbonyl (C=O) groups is 3. The molecule has 1 N–H and O–H groups in total. The van der Waals surface area contributed by atoms with Crippen molar-refractivity contribution in [3.63, 3.8) is 0 Å². The number of imide groups is 1. The molecular weight excluding hydrogens is 440 g/mol. The fourth-order valence-corrected chi connectivity index (χ4v) is 3.36. The number of carbonyl (C=O) groups excluding carboxylic acids is 3. The Morgan fingerprint density at radius 1 is 1.03 bits per heavy atom. The lowest BCUT2D eigenvalue weighted by atomic mass is 10.1. The van der Waals surface area contributed by atoms with E-state index in [1.165, 1.54) is 20.3 Å². The fraction of sp³-hybridized carbons (Fsp3) is 0.160. The Bertz CT molecular complexity index is 1250. The number of nitrogens with zero attached hydrogens (tertiary/aromatic N) is 1. The normalized spacial score (nSPS) is 14.3. The van der Waals surface area contributed by atoms with Crippen molar-refractivity contribution in [1.29, 1.82) is 0 Å². The molecule has 9 nitrogen and oxygen atoms in total. The molecule has 0 unspecified atom stereocenters. The van der Waals surface area contributed by atoms with Gasteiger partial charge >= 0.3 is 12.0 Å². The van der Waals surface area contributed by atoms with Crippen molar-refractivity contribution in [3.8, 4) is 11.5 Å². The van der Waals surface area contributed by atoms with Gasteiger partial charge in [-0.15, -0.1) is 0 Å². The molecule has 2 heterocycles. The summed E-state index contributed by atoms with van der Waals surface area (Å²) in [7, 11) is 2.76. The molecule has 34 heavy (non-hydrogen) atoms. The first kappa shape index (κ1) is 22.7. The van der Waals surface area contributed by atoms with E-state index in [2.05, 4.69) is 10.1 Å². The number of urea groups is 1. The van der Waals surface area contributed by atoms with Crippen molar-refractivity contribution in [2.75, 3.05) is 14.2 Å². The molecule has 2 aromatic carbocycles. The molecule has 1 aromatic heterocycles. The first-order chi connectivity index (χ1) is 16.5. The molecular formula is C25H22N2O7. The summed E-state index contributed by atoms with van der Waals surface area (Å²) in [5, 5.41) is 2.61. The van der Waals surface area contributed by atoms with Crippen LogP contribution in [0.15, 0.2) is 70.8 Å². The van der Waals surface area contributed by atoms with Crippen LogP contribution in [0.3, 0.4) is 0 Å². The van der Waals surface area contributed by atoms with Crippen molar-refractivity contribution >= 4 is 24.0 Å². The Morgan fingerprint density at radius 3 is 2.56 bits per heavy atom. The second kappa shape index (κ2) is 9.95. The molecule has 1 saturated heterocycles. The predicted octanol–water partition coefficient (Wildman–Crippen LogP) is 3.75. The zero-order chi connectivity index (χ0) is 24.1. The Kier molecular flexibility index (Phi) is 6.63. The van der Waals surface area contributed by atoms with Gasteiger partial charge < -0.3 is 23.9 Å².